The van der Waals surface area contributed by atoms with Gasteiger partial charge < -0.3 is 5.73 Å². The number of benzene rings is 1. The summed E-state index contributed by atoms with van der Waals surface area (Å²) in [5.41, 5.74) is 13.5. The Bertz CT molecular complexity index is 892. The molecule has 0 spiro atoms. The van der Waals surface area contributed by atoms with E-state index in [-0.39, 0.29) is 0 Å². The van der Waals surface area contributed by atoms with E-state index in [9.17, 15) is 0 Å². The van der Waals surface area contributed by atoms with Crippen molar-refractivity contribution in [1.29, 1.82) is 0 Å². The Morgan fingerprint density at radius 1 is 0.852 bits per heavy atom. The maximum atomic E-state index is 5.70. The van der Waals surface area contributed by atoms with Crippen molar-refractivity contribution in [2.75, 3.05) is 13.1 Å². The van der Waals surface area contributed by atoms with Crippen molar-refractivity contribution in [3.63, 3.8) is 0 Å². The van der Waals surface area contributed by atoms with Gasteiger partial charge in [0, 0.05) is 31.9 Å². The smallest absolute Gasteiger partial charge is 0.0585 e. The van der Waals surface area contributed by atoms with Gasteiger partial charge in [-0.3, -0.25) is 14.9 Å². The third-order valence-corrected chi connectivity index (χ3v) is 5.23. The summed E-state index contributed by atoms with van der Waals surface area (Å²) in [4.78, 5) is 11.7. The van der Waals surface area contributed by atoms with Crippen molar-refractivity contribution in [3.05, 3.63) is 83.4 Å². The average molecular weight is 358 g/mol. The summed E-state index contributed by atoms with van der Waals surface area (Å²) in [6.07, 6.45) is 6.94. The van der Waals surface area contributed by atoms with Gasteiger partial charge in [-0.05, 0) is 66.4 Å². The van der Waals surface area contributed by atoms with Gasteiger partial charge in [0.25, 0.3) is 0 Å². The number of pyridine rings is 2. The van der Waals surface area contributed by atoms with Crippen molar-refractivity contribution in [3.8, 4) is 11.1 Å². The van der Waals surface area contributed by atoms with E-state index in [0.29, 0.717) is 0 Å². The molecule has 4 rings (SSSR count). The van der Waals surface area contributed by atoms with E-state index < -0.39 is 0 Å². The highest BCUT2D eigenvalue weighted by Gasteiger charge is 2.22. The lowest BCUT2D eigenvalue weighted by molar-refractivity contribution is 0.245. The van der Waals surface area contributed by atoms with E-state index in [1.165, 1.54) is 27.9 Å². The number of hydrogen-bond acceptors (Lipinski definition) is 4. The normalized spacial score (nSPS) is 12.2. The summed E-state index contributed by atoms with van der Waals surface area (Å²) in [7, 11) is 0. The molecule has 0 aliphatic heterocycles. The molecule has 1 aliphatic carbocycles. The van der Waals surface area contributed by atoms with Crippen LogP contribution < -0.4 is 5.73 Å². The van der Waals surface area contributed by atoms with Crippen LogP contribution in [0, 0.1) is 0 Å². The predicted octanol–water partition coefficient (Wildman–Crippen LogP) is 3.79. The van der Waals surface area contributed by atoms with Gasteiger partial charge in [0.15, 0.2) is 0 Å². The van der Waals surface area contributed by atoms with E-state index in [4.69, 9.17) is 10.7 Å². The van der Waals surface area contributed by atoms with Gasteiger partial charge in [-0.2, -0.15) is 0 Å². The Morgan fingerprint density at radius 3 is 2.59 bits per heavy atom. The highest BCUT2D eigenvalue weighted by molar-refractivity contribution is 5.77. The Morgan fingerprint density at radius 2 is 1.74 bits per heavy atom. The van der Waals surface area contributed by atoms with Gasteiger partial charge in [0.2, 0.25) is 0 Å². The summed E-state index contributed by atoms with van der Waals surface area (Å²) < 4.78 is 0. The van der Waals surface area contributed by atoms with Crippen LogP contribution >= 0.6 is 0 Å². The van der Waals surface area contributed by atoms with Crippen LogP contribution in [-0.2, 0) is 19.5 Å². The van der Waals surface area contributed by atoms with E-state index in [0.717, 1.165) is 51.1 Å². The predicted molar refractivity (Wildman–Crippen MR) is 109 cm³/mol. The van der Waals surface area contributed by atoms with Gasteiger partial charge in [0.1, 0.15) is 0 Å². The highest BCUT2D eigenvalue weighted by atomic mass is 15.1. The summed E-state index contributed by atoms with van der Waals surface area (Å²) >= 11 is 0. The van der Waals surface area contributed by atoms with E-state index in [2.05, 4.69) is 52.3 Å². The van der Waals surface area contributed by atoms with Crippen molar-refractivity contribution < 1.29 is 0 Å². The number of hydrogen-bond donors (Lipinski definition) is 1. The van der Waals surface area contributed by atoms with Crippen molar-refractivity contribution in [1.82, 2.24) is 14.9 Å². The van der Waals surface area contributed by atoms with Gasteiger partial charge in [-0.1, -0.05) is 30.3 Å². The van der Waals surface area contributed by atoms with Gasteiger partial charge in [0.05, 0.1) is 11.4 Å². The zero-order chi connectivity index (χ0) is 18.5. The summed E-state index contributed by atoms with van der Waals surface area (Å²) in [6, 6.07) is 17.0. The number of rotatable bonds is 8. The first kappa shape index (κ1) is 17.8. The fraction of sp³-hybridized carbons (Fsp3) is 0.304. The van der Waals surface area contributed by atoms with Gasteiger partial charge in [-0.15, -0.1) is 0 Å². The molecule has 27 heavy (non-hydrogen) atoms. The lowest BCUT2D eigenvalue weighted by Gasteiger charge is -2.22. The molecule has 0 bridgehead atoms. The molecule has 3 aromatic rings. The molecule has 0 atom stereocenters. The molecule has 2 heterocycles. The first-order valence-electron chi connectivity index (χ1n) is 9.72. The summed E-state index contributed by atoms with van der Waals surface area (Å²) in [5.74, 6) is 0. The summed E-state index contributed by atoms with van der Waals surface area (Å²) in [5, 5.41) is 0. The van der Waals surface area contributed by atoms with Gasteiger partial charge in [-0.25, -0.2) is 0 Å². The zero-order valence-electron chi connectivity index (χ0n) is 15.6. The molecule has 4 nitrogen and oxygen atoms in total. The minimum absolute atomic E-state index is 0.742. The monoisotopic (exact) mass is 358 g/mol. The second kappa shape index (κ2) is 8.42. The van der Waals surface area contributed by atoms with Crippen LogP contribution in [0.2, 0.25) is 0 Å². The molecule has 2 N–H and O–H groups in total. The first-order valence-corrected chi connectivity index (χ1v) is 9.72. The maximum Gasteiger partial charge on any atom is 0.0585 e. The summed E-state index contributed by atoms with van der Waals surface area (Å²) in [6.45, 7) is 3.43. The van der Waals surface area contributed by atoms with E-state index in [1.807, 2.05) is 18.5 Å². The molecule has 0 saturated carbocycles. The van der Waals surface area contributed by atoms with E-state index in [1.54, 1.807) is 0 Å². The van der Waals surface area contributed by atoms with Crippen molar-refractivity contribution in [2.24, 2.45) is 5.73 Å². The quantitative estimate of drug-likeness (QED) is 0.487. The molecule has 4 heteroatoms. The Labute approximate surface area is 161 Å². The molecule has 138 valence electrons. The minimum Gasteiger partial charge on any atom is -0.330 e. The Kier molecular flexibility index (Phi) is 5.56. The van der Waals surface area contributed by atoms with Gasteiger partial charge >= 0.3 is 0 Å². The molecule has 1 aromatic carbocycles. The third kappa shape index (κ3) is 4.07. The third-order valence-electron chi connectivity index (χ3n) is 5.23. The van der Waals surface area contributed by atoms with E-state index >= 15 is 0 Å². The second-order valence-corrected chi connectivity index (χ2v) is 7.15. The Balaban J connectivity index is 1.56. The molecule has 0 saturated heterocycles. The van der Waals surface area contributed by atoms with Crippen LogP contribution in [0.3, 0.4) is 0 Å². The number of nitrogens with zero attached hydrogens (tertiary/aromatic N) is 3. The van der Waals surface area contributed by atoms with Crippen LogP contribution in [-0.4, -0.2) is 28.0 Å². The molecule has 0 unspecified atom stereocenters. The maximum absolute atomic E-state index is 5.70. The molecule has 0 fully saturated rings. The highest BCUT2D eigenvalue weighted by Crippen LogP contribution is 2.37. The van der Waals surface area contributed by atoms with Crippen molar-refractivity contribution in [2.45, 2.75) is 32.4 Å². The van der Waals surface area contributed by atoms with Crippen LogP contribution in [0.5, 0.6) is 0 Å². The zero-order valence-corrected chi connectivity index (χ0v) is 15.6. The number of aromatic nitrogens is 2. The number of unbranched alkanes of at least 4 members (excludes halogenated alkanes) is 1. The Hall–Kier alpha value is -2.56. The molecule has 1 aliphatic rings. The molecule has 2 aromatic heterocycles. The molecule has 0 amide bonds. The topological polar surface area (TPSA) is 55.0 Å². The molecular weight excluding hydrogens is 332 g/mol. The first-order chi connectivity index (χ1) is 13.3. The molecular formula is C23H26N4. The lowest BCUT2D eigenvalue weighted by atomic mass is 10.1. The second-order valence-electron chi connectivity index (χ2n) is 7.15. The fourth-order valence-electron chi connectivity index (χ4n) is 3.88. The van der Waals surface area contributed by atoms with Crippen molar-refractivity contribution >= 4 is 0 Å². The van der Waals surface area contributed by atoms with Crippen LogP contribution in [0.15, 0.2) is 60.9 Å². The molecule has 0 radical (unpaired) electrons. The number of nitrogens with two attached hydrogens (primary N) is 1. The largest absolute Gasteiger partial charge is 0.330 e. The lowest BCUT2D eigenvalue weighted by Crippen LogP contribution is -2.26. The number of fused-ring (bicyclic) bond motifs is 3. The average Bonchev–Trinajstić information content (AvgIpc) is 3.09. The fourth-order valence-corrected chi connectivity index (χ4v) is 3.88. The van der Waals surface area contributed by atoms with Crippen LogP contribution in [0.4, 0.5) is 0 Å². The minimum atomic E-state index is 0.742. The standard InChI is InChI=1S/C23H26N4/c24-11-4-6-14-27(16-19-8-3-5-12-25-19)17-23-22-15-18-7-1-2-9-20(18)21(22)10-13-26-23/h1-3,5,7-10,12-13H,4,6,11,14-17,24H2. The van der Waals surface area contributed by atoms with Crippen LogP contribution in [0.1, 0.15) is 35.4 Å². The van der Waals surface area contributed by atoms with Crippen LogP contribution in [0.25, 0.3) is 11.1 Å². The SMILES string of the molecule is NCCCCN(Cc1ccccn1)Cc1nccc2c1Cc1ccccc1-2.